The number of aryl methyl sites for hydroxylation is 1. The Bertz CT molecular complexity index is 661. The number of hydrogen-bond donors (Lipinski definition) is 1. The Kier molecular flexibility index (Phi) is 5.99. The Morgan fingerprint density at radius 3 is 2.89 bits per heavy atom. The van der Waals surface area contributed by atoms with Crippen molar-refractivity contribution in [3.05, 3.63) is 18.0 Å². The van der Waals surface area contributed by atoms with Crippen molar-refractivity contribution in [2.24, 2.45) is 5.41 Å². The van der Waals surface area contributed by atoms with E-state index in [9.17, 15) is 9.59 Å². The van der Waals surface area contributed by atoms with Crippen LogP contribution in [0.4, 0.5) is 0 Å². The van der Waals surface area contributed by atoms with Gasteiger partial charge in [0.05, 0.1) is 12.3 Å². The number of nitrogens with zero attached hydrogens (tertiary/aromatic N) is 3. The van der Waals surface area contributed by atoms with E-state index < -0.39 is 0 Å². The summed E-state index contributed by atoms with van der Waals surface area (Å²) in [6.45, 7) is 4.07. The van der Waals surface area contributed by atoms with E-state index in [-0.39, 0.29) is 23.3 Å². The largest absolute Gasteiger partial charge is 0.376 e. The van der Waals surface area contributed by atoms with Gasteiger partial charge in [-0.1, -0.05) is 0 Å². The fourth-order valence-electron chi connectivity index (χ4n) is 4.96. The zero-order valence-electron chi connectivity index (χ0n) is 16.7. The molecule has 4 heterocycles. The van der Waals surface area contributed by atoms with Crippen LogP contribution in [0.3, 0.4) is 0 Å². The first kappa shape index (κ1) is 19.4. The molecule has 0 bridgehead atoms. The van der Waals surface area contributed by atoms with Gasteiger partial charge in [0.25, 0.3) is 0 Å². The van der Waals surface area contributed by atoms with Crippen LogP contribution in [0.1, 0.15) is 56.9 Å². The highest BCUT2D eigenvalue weighted by Gasteiger charge is 2.42. The van der Waals surface area contributed by atoms with E-state index >= 15 is 0 Å². The number of ether oxygens (including phenoxy) is 1. The first-order valence-corrected chi connectivity index (χ1v) is 10.8. The summed E-state index contributed by atoms with van der Waals surface area (Å²) in [5.74, 6) is 0.542. The van der Waals surface area contributed by atoms with E-state index in [0.29, 0.717) is 12.8 Å². The lowest BCUT2D eigenvalue weighted by atomic mass is 9.72. The number of amides is 2. The SMILES string of the molecule is O=C(CCCc1cn[nH]c1)N1CCC2(CCC(=O)N(CC3CCCO3)C2)CC1. The number of hydrogen-bond acceptors (Lipinski definition) is 4. The van der Waals surface area contributed by atoms with E-state index in [1.807, 2.05) is 22.2 Å². The molecule has 1 aromatic heterocycles. The van der Waals surface area contributed by atoms with Crippen molar-refractivity contribution in [3.8, 4) is 0 Å². The number of piperidine rings is 2. The van der Waals surface area contributed by atoms with Gasteiger partial charge in [0.1, 0.15) is 0 Å². The minimum absolute atomic E-state index is 0.195. The Morgan fingerprint density at radius 2 is 2.18 bits per heavy atom. The lowest BCUT2D eigenvalue weighted by molar-refractivity contribution is -0.144. The first-order valence-electron chi connectivity index (χ1n) is 10.8. The molecule has 3 saturated heterocycles. The van der Waals surface area contributed by atoms with Crippen LogP contribution < -0.4 is 0 Å². The molecular weight excluding hydrogens is 356 g/mol. The van der Waals surface area contributed by atoms with Crippen molar-refractivity contribution in [1.29, 1.82) is 0 Å². The van der Waals surface area contributed by atoms with Crippen LogP contribution in [-0.2, 0) is 20.7 Å². The molecule has 0 radical (unpaired) electrons. The summed E-state index contributed by atoms with van der Waals surface area (Å²) in [5, 5.41) is 6.76. The van der Waals surface area contributed by atoms with Crippen LogP contribution in [0.25, 0.3) is 0 Å². The molecule has 0 aromatic carbocycles. The van der Waals surface area contributed by atoms with E-state index in [1.165, 1.54) is 0 Å². The number of aromatic nitrogens is 2. The van der Waals surface area contributed by atoms with E-state index in [2.05, 4.69) is 10.2 Å². The Balaban J connectivity index is 1.24. The highest BCUT2D eigenvalue weighted by Crippen LogP contribution is 2.40. The summed E-state index contributed by atoms with van der Waals surface area (Å²) < 4.78 is 5.74. The fraction of sp³-hybridized carbons (Fsp3) is 0.762. The zero-order chi connectivity index (χ0) is 19.4. The quantitative estimate of drug-likeness (QED) is 0.810. The average molecular weight is 389 g/mol. The highest BCUT2D eigenvalue weighted by molar-refractivity contribution is 5.77. The van der Waals surface area contributed by atoms with Crippen molar-refractivity contribution < 1.29 is 14.3 Å². The Hall–Kier alpha value is -1.89. The number of rotatable bonds is 6. The Labute approximate surface area is 166 Å². The van der Waals surface area contributed by atoms with Gasteiger partial charge in [-0.15, -0.1) is 0 Å². The highest BCUT2D eigenvalue weighted by atomic mass is 16.5. The topological polar surface area (TPSA) is 78.5 Å². The predicted octanol–water partition coefficient (Wildman–Crippen LogP) is 2.14. The van der Waals surface area contributed by atoms with Crippen molar-refractivity contribution >= 4 is 11.8 Å². The number of likely N-dealkylation sites (tertiary alicyclic amines) is 2. The van der Waals surface area contributed by atoms with Crippen LogP contribution in [0, 0.1) is 5.41 Å². The van der Waals surface area contributed by atoms with E-state index in [0.717, 1.165) is 83.3 Å². The van der Waals surface area contributed by atoms with Crippen LogP contribution >= 0.6 is 0 Å². The van der Waals surface area contributed by atoms with Crippen LogP contribution in [0.2, 0.25) is 0 Å². The molecule has 1 unspecified atom stereocenters. The standard InChI is InChI=1S/C21H32N4O3/c26-19(5-1-3-17-13-22-23-14-17)24-10-8-21(9-11-24)7-6-20(27)25(16-21)15-18-4-2-12-28-18/h13-14,18H,1-12,15-16H2,(H,22,23). The molecule has 1 spiro atoms. The van der Waals surface area contributed by atoms with Crippen LogP contribution in [0.15, 0.2) is 12.4 Å². The second-order valence-electron chi connectivity index (χ2n) is 8.75. The van der Waals surface area contributed by atoms with Gasteiger partial charge in [-0.3, -0.25) is 14.7 Å². The number of nitrogens with one attached hydrogen (secondary N) is 1. The van der Waals surface area contributed by atoms with Crippen LogP contribution in [-0.4, -0.2) is 70.7 Å². The molecule has 7 heteroatoms. The van der Waals surface area contributed by atoms with Crippen molar-refractivity contribution in [2.45, 2.75) is 63.9 Å². The molecular formula is C21H32N4O3. The number of carbonyl (C=O) groups excluding carboxylic acids is 2. The molecule has 3 aliphatic rings. The monoisotopic (exact) mass is 388 g/mol. The third-order valence-corrected chi connectivity index (χ3v) is 6.78. The molecule has 1 N–H and O–H groups in total. The van der Waals surface area contributed by atoms with Crippen molar-refractivity contribution in [2.75, 3.05) is 32.8 Å². The third-order valence-electron chi connectivity index (χ3n) is 6.78. The maximum absolute atomic E-state index is 12.6. The van der Waals surface area contributed by atoms with E-state index in [1.54, 1.807) is 0 Å². The maximum Gasteiger partial charge on any atom is 0.222 e. The Morgan fingerprint density at radius 1 is 1.32 bits per heavy atom. The zero-order valence-corrected chi connectivity index (χ0v) is 16.7. The number of aromatic amines is 1. The van der Waals surface area contributed by atoms with Gasteiger partial charge in [-0.05, 0) is 55.9 Å². The second-order valence-corrected chi connectivity index (χ2v) is 8.75. The van der Waals surface area contributed by atoms with Crippen molar-refractivity contribution in [3.63, 3.8) is 0 Å². The lowest BCUT2D eigenvalue weighted by Crippen LogP contribution is -2.53. The summed E-state index contributed by atoms with van der Waals surface area (Å²) in [4.78, 5) is 29.0. The van der Waals surface area contributed by atoms with E-state index in [4.69, 9.17) is 4.74 Å². The van der Waals surface area contributed by atoms with Gasteiger partial charge < -0.3 is 14.5 Å². The maximum atomic E-state index is 12.6. The minimum Gasteiger partial charge on any atom is -0.376 e. The molecule has 154 valence electrons. The molecule has 7 nitrogen and oxygen atoms in total. The summed E-state index contributed by atoms with van der Waals surface area (Å²) in [5.41, 5.74) is 1.35. The van der Waals surface area contributed by atoms with Gasteiger partial charge in [0.15, 0.2) is 0 Å². The van der Waals surface area contributed by atoms with Crippen LogP contribution in [0.5, 0.6) is 0 Å². The number of carbonyl (C=O) groups is 2. The van der Waals surface area contributed by atoms with Gasteiger partial charge >= 0.3 is 0 Å². The minimum atomic E-state index is 0.195. The average Bonchev–Trinajstić information content (AvgIpc) is 3.40. The number of H-pyrrole nitrogens is 1. The molecule has 2 amide bonds. The molecule has 0 aliphatic carbocycles. The first-order chi connectivity index (χ1) is 13.6. The summed E-state index contributed by atoms with van der Waals surface area (Å²) >= 11 is 0. The molecule has 0 saturated carbocycles. The smallest absolute Gasteiger partial charge is 0.222 e. The van der Waals surface area contributed by atoms with Gasteiger partial charge in [-0.25, -0.2) is 0 Å². The predicted molar refractivity (Wildman–Crippen MR) is 105 cm³/mol. The molecule has 3 aliphatic heterocycles. The lowest BCUT2D eigenvalue weighted by Gasteiger charge is -2.47. The van der Waals surface area contributed by atoms with Gasteiger partial charge in [0, 0.05) is 51.8 Å². The van der Waals surface area contributed by atoms with Gasteiger partial charge in [-0.2, -0.15) is 5.10 Å². The third kappa shape index (κ3) is 4.57. The fourth-order valence-corrected chi connectivity index (χ4v) is 4.96. The molecule has 1 aromatic rings. The summed E-state index contributed by atoms with van der Waals surface area (Å²) in [6.07, 6.45) is 12.1. The van der Waals surface area contributed by atoms with Gasteiger partial charge in [0.2, 0.25) is 11.8 Å². The second kappa shape index (κ2) is 8.64. The summed E-state index contributed by atoms with van der Waals surface area (Å²) in [7, 11) is 0. The van der Waals surface area contributed by atoms with Crippen molar-refractivity contribution in [1.82, 2.24) is 20.0 Å². The molecule has 1 atom stereocenters. The normalized spacial score (nSPS) is 24.9. The summed E-state index contributed by atoms with van der Waals surface area (Å²) in [6, 6.07) is 0. The molecule has 4 rings (SSSR count). The molecule has 28 heavy (non-hydrogen) atoms. The molecule has 3 fully saturated rings.